The van der Waals surface area contributed by atoms with Crippen LogP contribution in [0.3, 0.4) is 0 Å². The molecule has 162 valence electrons. The second kappa shape index (κ2) is 11.5. The van der Waals surface area contributed by atoms with Crippen LogP contribution in [-0.2, 0) is 10.0 Å². The number of hydrogen-bond acceptors (Lipinski definition) is 6. The van der Waals surface area contributed by atoms with Crippen LogP contribution in [0.2, 0.25) is 0 Å². The standard InChI is InChI=1S/C21H33N3O4S/c1-4-23(5-2)14-6-7-20(22-25)17-29(26,27)24-15-12-19(13-16-24)18-8-10-21(28-3)11-9-18/h8-11,19-20,22,25H,4-5,12-17H2,1-3H3. The fraction of sp³-hybridized carbons (Fsp3) is 0.619. The minimum absolute atomic E-state index is 0.234. The van der Waals surface area contributed by atoms with Gasteiger partial charge in [0.15, 0.2) is 0 Å². The summed E-state index contributed by atoms with van der Waals surface area (Å²) < 4.78 is 32.3. The van der Waals surface area contributed by atoms with Crippen molar-refractivity contribution in [1.29, 1.82) is 0 Å². The minimum Gasteiger partial charge on any atom is -0.497 e. The van der Waals surface area contributed by atoms with Gasteiger partial charge in [0, 0.05) is 13.1 Å². The summed E-state index contributed by atoms with van der Waals surface area (Å²) in [4.78, 5) is 2.12. The summed E-state index contributed by atoms with van der Waals surface area (Å²) in [6, 6.07) is 7.17. The molecule has 2 rings (SSSR count). The molecule has 0 aliphatic carbocycles. The lowest BCUT2D eigenvalue weighted by Gasteiger charge is -2.32. The molecular formula is C21H33N3O4S. The van der Waals surface area contributed by atoms with E-state index in [-0.39, 0.29) is 5.75 Å². The maximum Gasteiger partial charge on any atom is 0.216 e. The molecule has 7 nitrogen and oxygen atoms in total. The second-order valence-corrected chi connectivity index (χ2v) is 9.20. The minimum atomic E-state index is -3.50. The highest BCUT2D eigenvalue weighted by atomic mass is 32.2. The zero-order valence-electron chi connectivity index (χ0n) is 17.6. The van der Waals surface area contributed by atoms with E-state index in [1.165, 1.54) is 9.87 Å². The van der Waals surface area contributed by atoms with E-state index in [1.807, 2.05) is 43.6 Å². The van der Waals surface area contributed by atoms with Gasteiger partial charge in [-0.25, -0.2) is 12.7 Å². The number of hydrogen-bond donors (Lipinski definition) is 2. The summed E-state index contributed by atoms with van der Waals surface area (Å²) in [5, 5.41) is 9.34. The lowest BCUT2D eigenvalue weighted by atomic mass is 9.90. The number of piperidine rings is 1. The number of benzene rings is 1. The highest BCUT2D eigenvalue weighted by molar-refractivity contribution is 7.89. The smallest absolute Gasteiger partial charge is 0.216 e. The third-order valence-electron chi connectivity index (χ3n) is 5.44. The summed E-state index contributed by atoms with van der Waals surface area (Å²) in [6.45, 7) is 7.36. The second-order valence-electron chi connectivity index (χ2n) is 7.19. The first-order valence-electron chi connectivity index (χ1n) is 10.2. The monoisotopic (exact) mass is 423 g/mol. The van der Waals surface area contributed by atoms with Gasteiger partial charge in [-0.05, 0) is 49.5 Å². The molecule has 8 heteroatoms. The highest BCUT2D eigenvalue weighted by Gasteiger charge is 2.30. The van der Waals surface area contributed by atoms with Gasteiger partial charge in [-0.15, -0.1) is 0 Å². The van der Waals surface area contributed by atoms with Crippen LogP contribution in [0.5, 0.6) is 5.75 Å². The Morgan fingerprint density at radius 2 is 1.86 bits per heavy atom. The number of nitrogens with one attached hydrogen (secondary N) is 1. The normalized spacial score (nSPS) is 17.0. The van der Waals surface area contributed by atoms with Gasteiger partial charge in [0.25, 0.3) is 0 Å². The first kappa shape index (κ1) is 23.6. The molecule has 0 bridgehead atoms. The number of ether oxygens (including phenoxy) is 1. The van der Waals surface area contributed by atoms with Crippen molar-refractivity contribution in [3.63, 3.8) is 0 Å². The maximum atomic E-state index is 12.8. The molecule has 0 aromatic heterocycles. The van der Waals surface area contributed by atoms with Crippen LogP contribution < -0.4 is 10.2 Å². The molecule has 2 N–H and O–H groups in total. The Hall–Kier alpha value is -1.63. The Morgan fingerprint density at radius 3 is 2.38 bits per heavy atom. The fourth-order valence-electron chi connectivity index (χ4n) is 3.50. The van der Waals surface area contributed by atoms with E-state index in [4.69, 9.17) is 4.74 Å². The van der Waals surface area contributed by atoms with Crippen molar-refractivity contribution in [3.8, 4) is 17.6 Å². The number of sulfonamides is 1. The molecule has 0 radical (unpaired) electrons. The molecular weight excluding hydrogens is 390 g/mol. The van der Waals surface area contributed by atoms with Crippen molar-refractivity contribution in [3.05, 3.63) is 29.8 Å². The quantitative estimate of drug-likeness (QED) is 0.466. The molecule has 1 fully saturated rings. The van der Waals surface area contributed by atoms with E-state index >= 15 is 0 Å². The SMILES string of the molecule is CCN(CC)CC#CC(CS(=O)(=O)N1CCC(c2ccc(OC)cc2)CC1)NO. The molecule has 1 unspecified atom stereocenters. The largest absolute Gasteiger partial charge is 0.497 e. The zero-order chi connectivity index (χ0) is 21.3. The average molecular weight is 424 g/mol. The van der Waals surface area contributed by atoms with Crippen LogP contribution in [0.25, 0.3) is 0 Å². The number of rotatable bonds is 9. The molecule has 1 saturated heterocycles. The van der Waals surface area contributed by atoms with Crippen LogP contribution in [0.4, 0.5) is 0 Å². The van der Waals surface area contributed by atoms with Crippen LogP contribution in [-0.4, -0.2) is 74.5 Å². The average Bonchev–Trinajstić information content (AvgIpc) is 2.76. The lowest BCUT2D eigenvalue weighted by Crippen LogP contribution is -2.44. The number of hydroxylamine groups is 1. The summed E-state index contributed by atoms with van der Waals surface area (Å²) in [5.74, 6) is 6.73. The van der Waals surface area contributed by atoms with E-state index in [2.05, 4.69) is 16.7 Å². The van der Waals surface area contributed by atoms with Crippen molar-refractivity contribution in [2.45, 2.75) is 38.6 Å². The molecule has 1 atom stereocenters. The highest BCUT2D eigenvalue weighted by Crippen LogP contribution is 2.30. The topological polar surface area (TPSA) is 82.1 Å². The van der Waals surface area contributed by atoms with Crippen molar-refractivity contribution < 1.29 is 18.4 Å². The molecule has 1 heterocycles. The van der Waals surface area contributed by atoms with E-state index in [1.54, 1.807) is 7.11 Å². The fourth-order valence-corrected chi connectivity index (χ4v) is 5.06. The third kappa shape index (κ3) is 6.98. The summed E-state index contributed by atoms with van der Waals surface area (Å²) >= 11 is 0. The summed E-state index contributed by atoms with van der Waals surface area (Å²) in [5.41, 5.74) is 3.25. The van der Waals surface area contributed by atoms with Crippen LogP contribution in [0, 0.1) is 11.8 Å². The molecule has 29 heavy (non-hydrogen) atoms. The van der Waals surface area contributed by atoms with Gasteiger partial charge in [0.05, 0.1) is 19.4 Å². The molecule has 0 spiro atoms. The van der Waals surface area contributed by atoms with E-state index in [9.17, 15) is 13.6 Å². The predicted molar refractivity (Wildman–Crippen MR) is 115 cm³/mol. The van der Waals surface area contributed by atoms with Crippen LogP contribution in [0.1, 0.15) is 38.2 Å². The molecule has 0 saturated carbocycles. The Kier molecular flexibility index (Phi) is 9.40. The van der Waals surface area contributed by atoms with Crippen molar-refractivity contribution in [1.82, 2.24) is 14.7 Å². The Labute approximate surface area is 175 Å². The summed E-state index contributed by atoms with van der Waals surface area (Å²) in [7, 11) is -1.86. The molecule has 1 aromatic carbocycles. The van der Waals surface area contributed by atoms with E-state index in [0.29, 0.717) is 25.6 Å². The summed E-state index contributed by atoms with van der Waals surface area (Å²) in [6.07, 6.45) is 1.55. The Balaban J connectivity index is 1.91. The van der Waals surface area contributed by atoms with Crippen LogP contribution >= 0.6 is 0 Å². The first-order chi connectivity index (χ1) is 13.9. The van der Waals surface area contributed by atoms with Gasteiger partial charge in [-0.1, -0.05) is 37.8 Å². The van der Waals surface area contributed by atoms with Gasteiger partial charge in [-0.2, -0.15) is 5.48 Å². The van der Waals surface area contributed by atoms with Crippen molar-refractivity contribution >= 4 is 10.0 Å². The maximum absolute atomic E-state index is 12.8. The molecule has 1 aromatic rings. The van der Waals surface area contributed by atoms with Gasteiger partial charge < -0.3 is 9.94 Å². The number of methoxy groups -OCH3 is 1. The van der Waals surface area contributed by atoms with Gasteiger partial charge in [0.1, 0.15) is 11.8 Å². The Bertz CT molecular complexity index is 774. The van der Waals surface area contributed by atoms with Gasteiger partial charge in [0.2, 0.25) is 10.0 Å². The van der Waals surface area contributed by atoms with E-state index < -0.39 is 16.1 Å². The van der Waals surface area contributed by atoms with Crippen molar-refractivity contribution in [2.24, 2.45) is 0 Å². The third-order valence-corrected chi connectivity index (χ3v) is 7.35. The van der Waals surface area contributed by atoms with Crippen LogP contribution in [0.15, 0.2) is 24.3 Å². The number of nitrogens with zero attached hydrogens (tertiary/aromatic N) is 2. The lowest BCUT2D eigenvalue weighted by molar-refractivity contribution is 0.152. The van der Waals surface area contributed by atoms with Crippen molar-refractivity contribution in [2.75, 3.05) is 45.6 Å². The van der Waals surface area contributed by atoms with Gasteiger partial charge >= 0.3 is 0 Å². The molecule has 1 aliphatic rings. The predicted octanol–water partition coefficient (Wildman–Crippen LogP) is 1.90. The van der Waals surface area contributed by atoms with E-state index in [0.717, 1.165) is 31.7 Å². The zero-order valence-corrected chi connectivity index (χ0v) is 18.4. The Morgan fingerprint density at radius 1 is 1.24 bits per heavy atom. The first-order valence-corrected chi connectivity index (χ1v) is 11.8. The van der Waals surface area contributed by atoms with Gasteiger partial charge in [-0.3, -0.25) is 4.90 Å². The molecule has 0 amide bonds. The molecule has 1 aliphatic heterocycles.